The van der Waals surface area contributed by atoms with Crippen molar-refractivity contribution in [1.82, 2.24) is 0 Å². The average Bonchev–Trinajstić information content (AvgIpc) is 2.68. The molecule has 0 aliphatic heterocycles. The van der Waals surface area contributed by atoms with Gasteiger partial charge in [0.15, 0.2) is 0 Å². The Labute approximate surface area is 93.0 Å². The third kappa shape index (κ3) is 4.99. The number of rotatable bonds is 4. The van der Waals surface area contributed by atoms with Crippen molar-refractivity contribution >= 4 is 11.9 Å². The summed E-state index contributed by atoms with van der Waals surface area (Å²) >= 11 is 0. The van der Waals surface area contributed by atoms with Crippen LogP contribution in [0.1, 0.15) is 40.9 Å². The summed E-state index contributed by atoms with van der Waals surface area (Å²) in [7, 11) is 0. The summed E-state index contributed by atoms with van der Waals surface area (Å²) in [4.78, 5) is 20.3. The molecule has 0 saturated heterocycles. The van der Waals surface area contributed by atoms with Crippen LogP contribution < -0.4 is 0 Å². The molecule has 88 valence electrons. The van der Waals surface area contributed by atoms with Gasteiger partial charge in [-0.15, -0.1) is 6.58 Å². The van der Waals surface area contributed by atoms with Crippen LogP contribution in [-0.4, -0.2) is 22.2 Å². The van der Waals surface area contributed by atoms with Crippen LogP contribution >= 0.6 is 0 Å². The molecule has 0 unspecified atom stereocenters. The van der Waals surface area contributed by atoms with Crippen molar-refractivity contribution in [2.24, 2.45) is 0 Å². The highest BCUT2D eigenvalue weighted by atomic mass is 16.4. The van der Waals surface area contributed by atoms with Gasteiger partial charge in [-0.3, -0.25) is 0 Å². The number of unbranched alkanes of at least 4 members (excludes halogenated alkanes) is 1. The average molecular weight is 226 g/mol. The van der Waals surface area contributed by atoms with Gasteiger partial charge in [-0.05, 0) is 18.6 Å². The molecule has 0 fully saturated rings. The summed E-state index contributed by atoms with van der Waals surface area (Å²) in [6, 6.07) is 2.18. The molecule has 16 heavy (non-hydrogen) atoms. The number of hydrogen-bond acceptors (Lipinski definition) is 3. The maximum absolute atomic E-state index is 10.2. The molecule has 0 spiro atoms. The standard InChI is InChI=1S/C6H4O5.C5H10/c7-5(8)3-1-2-4(11-3)6(9)10;1-3-5-4-2/h1-2H,(H,7,8)(H,9,10);3H,1,4-5H2,2H3. The second kappa shape index (κ2) is 7.28. The first-order valence-electron chi connectivity index (χ1n) is 4.70. The highest BCUT2D eigenvalue weighted by Gasteiger charge is 2.12. The van der Waals surface area contributed by atoms with E-state index in [0.717, 1.165) is 18.6 Å². The first kappa shape index (κ1) is 14.0. The molecular weight excluding hydrogens is 212 g/mol. The molecular formula is C11H14O5. The second-order valence-electron chi connectivity index (χ2n) is 2.85. The molecule has 1 rings (SSSR count). The van der Waals surface area contributed by atoms with Crippen LogP contribution in [0, 0.1) is 0 Å². The van der Waals surface area contributed by atoms with Crippen molar-refractivity contribution in [2.45, 2.75) is 19.8 Å². The molecule has 1 aromatic heterocycles. The van der Waals surface area contributed by atoms with Crippen LogP contribution in [0.4, 0.5) is 0 Å². The Morgan fingerprint density at radius 1 is 1.31 bits per heavy atom. The Balaban J connectivity index is 0.000000385. The zero-order valence-electron chi connectivity index (χ0n) is 8.97. The normalized spacial score (nSPS) is 8.81. The van der Waals surface area contributed by atoms with Crippen LogP contribution in [0.15, 0.2) is 29.2 Å². The minimum atomic E-state index is -1.28. The monoisotopic (exact) mass is 226 g/mol. The van der Waals surface area contributed by atoms with Crippen molar-refractivity contribution in [1.29, 1.82) is 0 Å². The number of allylic oxidation sites excluding steroid dienone is 1. The van der Waals surface area contributed by atoms with E-state index >= 15 is 0 Å². The summed E-state index contributed by atoms with van der Waals surface area (Å²) in [6.07, 6.45) is 4.31. The zero-order chi connectivity index (χ0) is 12.6. The predicted octanol–water partition coefficient (Wildman–Crippen LogP) is 2.65. The minimum absolute atomic E-state index is 0.373. The lowest BCUT2D eigenvalue weighted by atomic mass is 10.3. The van der Waals surface area contributed by atoms with E-state index in [-0.39, 0.29) is 11.5 Å². The number of aromatic carboxylic acids is 2. The molecule has 0 amide bonds. The van der Waals surface area contributed by atoms with Gasteiger partial charge in [-0.1, -0.05) is 19.4 Å². The minimum Gasteiger partial charge on any atom is -0.475 e. The summed E-state index contributed by atoms with van der Waals surface area (Å²) in [5.74, 6) is -3.31. The quantitative estimate of drug-likeness (QED) is 0.770. The number of hydrogen-bond donors (Lipinski definition) is 2. The van der Waals surface area contributed by atoms with Gasteiger partial charge in [-0.2, -0.15) is 0 Å². The van der Waals surface area contributed by atoms with E-state index in [2.05, 4.69) is 17.9 Å². The van der Waals surface area contributed by atoms with E-state index in [0.29, 0.717) is 0 Å². The first-order chi connectivity index (χ1) is 7.52. The van der Waals surface area contributed by atoms with Crippen LogP contribution in [0.2, 0.25) is 0 Å². The van der Waals surface area contributed by atoms with Crippen LogP contribution in [0.3, 0.4) is 0 Å². The summed E-state index contributed by atoms with van der Waals surface area (Å²) in [5.41, 5.74) is 0. The molecule has 0 aliphatic carbocycles. The Bertz CT molecular complexity index is 336. The molecule has 0 saturated carbocycles. The Hall–Kier alpha value is -2.04. The van der Waals surface area contributed by atoms with Crippen molar-refractivity contribution in [3.05, 3.63) is 36.3 Å². The van der Waals surface area contributed by atoms with E-state index in [1.165, 1.54) is 6.42 Å². The van der Waals surface area contributed by atoms with Crippen molar-refractivity contribution < 1.29 is 24.2 Å². The summed E-state index contributed by atoms with van der Waals surface area (Å²) in [5, 5.41) is 16.6. The zero-order valence-corrected chi connectivity index (χ0v) is 8.97. The number of carboxylic acid groups (broad SMARTS) is 2. The third-order valence-corrected chi connectivity index (χ3v) is 1.52. The third-order valence-electron chi connectivity index (χ3n) is 1.52. The molecule has 1 heterocycles. The Kier molecular flexibility index (Phi) is 6.35. The van der Waals surface area contributed by atoms with E-state index in [1.54, 1.807) is 0 Å². The number of furan rings is 1. The van der Waals surface area contributed by atoms with Gasteiger partial charge in [0.2, 0.25) is 11.5 Å². The first-order valence-corrected chi connectivity index (χ1v) is 4.70. The number of carboxylic acids is 2. The molecule has 2 N–H and O–H groups in total. The molecule has 0 aliphatic rings. The fourth-order valence-corrected chi connectivity index (χ4v) is 0.772. The summed E-state index contributed by atoms with van der Waals surface area (Å²) < 4.78 is 4.41. The van der Waals surface area contributed by atoms with E-state index in [9.17, 15) is 9.59 Å². The fraction of sp³-hybridized carbons (Fsp3) is 0.273. The molecule has 5 heteroatoms. The lowest BCUT2D eigenvalue weighted by Crippen LogP contribution is -1.94. The summed E-state index contributed by atoms with van der Waals surface area (Å²) in [6.45, 7) is 5.69. The fourth-order valence-electron chi connectivity index (χ4n) is 0.772. The van der Waals surface area contributed by atoms with E-state index < -0.39 is 11.9 Å². The smallest absolute Gasteiger partial charge is 0.371 e. The van der Waals surface area contributed by atoms with E-state index in [4.69, 9.17) is 10.2 Å². The highest BCUT2D eigenvalue weighted by molar-refractivity contribution is 5.88. The maximum atomic E-state index is 10.2. The van der Waals surface area contributed by atoms with Crippen LogP contribution in [-0.2, 0) is 0 Å². The van der Waals surface area contributed by atoms with Gasteiger partial charge in [-0.25, -0.2) is 9.59 Å². The molecule has 0 atom stereocenters. The van der Waals surface area contributed by atoms with Gasteiger partial charge in [0.1, 0.15) is 0 Å². The Morgan fingerprint density at radius 2 is 1.75 bits per heavy atom. The highest BCUT2D eigenvalue weighted by Crippen LogP contribution is 2.06. The molecule has 0 aromatic carbocycles. The predicted molar refractivity (Wildman–Crippen MR) is 57.7 cm³/mol. The van der Waals surface area contributed by atoms with Crippen LogP contribution in [0.25, 0.3) is 0 Å². The van der Waals surface area contributed by atoms with Gasteiger partial charge < -0.3 is 14.6 Å². The second-order valence-corrected chi connectivity index (χ2v) is 2.85. The largest absolute Gasteiger partial charge is 0.475 e. The van der Waals surface area contributed by atoms with Gasteiger partial charge >= 0.3 is 11.9 Å². The van der Waals surface area contributed by atoms with Crippen LogP contribution in [0.5, 0.6) is 0 Å². The number of carbonyl (C=O) groups is 2. The molecule has 5 nitrogen and oxygen atoms in total. The topological polar surface area (TPSA) is 87.7 Å². The maximum Gasteiger partial charge on any atom is 0.371 e. The SMILES string of the molecule is C=CCCC.O=C(O)c1ccc(C(=O)O)o1. The van der Waals surface area contributed by atoms with E-state index in [1.807, 2.05) is 6.08 Å². The molecule has 0 bridgehead atoms. The molecule has 0 radical (unpaired) electrons. The Morgan fingerprint density at radius 3 is 1.88 bits per heavy atom. The lowest BCUT2D eigenvalue weighted by molar-refractivity contribution is 0.0632. The van der Waals surface area contributed by atoms with Crippen molar-refractivity contribution in [3.8, 4) is 0 Å². The van der Waals surface area contributed by atoms with Crippen molar-refractivity contribution in [3.63, 3.8) is 0 Å². The van der Waals surface area contributed by atoms with Gasteiger partial charge in [0, 0.05) is 0 Å². The van der Waals surface area contributed by atoms with Gasteiger partial charge in [0.05, 0.1) is 0 Å². The molecule has 1 aromatic rings. The van der Waals surface area contributed by atoms with Gasteiger partial charge in [0.25, 0.3) is 0 Å². The lowest BCUT2D eigenvalue weighted by Gasteiger charge is -1.84. The van der Waals surface area contributed by atoms with Crippen molar-refractivity contribution in [2.75, 3.05) is 0 Å².